The van der Waals surface area contributed by atoms with Crippen LogP contribution in [0.15, 0.2) is 48.5 Å². The van der Waals surface area contributed by atoms with Crippen molar-refractivity contribution in [3.05, 3.63) is 58.3 Å². The Bertz CT molecular complexity index is 847. The first-order valence-electron chi connectivity index (χ1n) is 6.72. The molecule has 0 aliphatic heterocycles. The van der Waals surface area contributed by atoms with Crippen molar-refractivity contribution in [1.29, 1.82) is 0 Å². The molecule has 0 atom stereocenters. The van der Waals surface area contributed by atoms with E-state index in [-0.39, 0.29) is 0 Å². The van der Waals surface area contributed by atoms with Crippen molar-refractivity contribution < 1.29 is 0 Å². The average molecular weight is 294 g/mol. The molecule has 4 aromatic rings. The van der Waals surface area contributed by atoms with Crippen LogP contribution in [0.1, 0.15) is 9.75 Å². The summed E-state index contributed by atoms with van der Waals surface area (Å²) >= 11 is 3.80. The molecule has 2 aromatic carbocycles. The minimum absolute atomic E-state index is 1.38. The van der Waals surface area contributed by atoms with Gasteiger partial charge in [-0.2, -0.15) is 0 Å². The number of hydrogen-bond donors (Lipinski definition) is 0. The summed E-state index contributed by atoms with van der Waals surface area (Å²) in [6, 6.07) is 17.5. The summed E-state index contributed by atoms with van der Waals surface area (Å²) in [5.74, 6) is 0. The normalized spacial score (nSPS) is 11.5. The van der Waals surface area contributed by atoms with E-state index in [1.54, 1.807) is 0 Å². The van der Waals surface area contributed by atoms with Gasteiger partial charge in [0.05, 0.1) is 0 Å². The summed E-state index contributed by atoms with van der Waals surface area (Å²) < 4.78 is 2.77. The van der Waals surface area contributed by atoms with E-state index < -0.39 is 0 Å². The van der Waals surface area contributed by atoms with E-state index in [4.69, 9.17) is 0 Å². The number of aryl methyl sites for hydroxylation is 2. The Morgan fingerprint density at radius 1 is 0.600 bits per heavy atom. The lowest BCUT2D eigenvalue weighted by atomic mass is 9.99. The second kappa shape index (κ2) is 4.44. The van der Waals surface area contributed by atoms with Gasteiger partial charge < -0.3 is 0 Å². The summed E-state index contributed by atoms with van der Waals surface area (Å²) in [5, 5.41) is 2.78. The predicted molar refractivity (Wildman–Crippen MR) is 92.1 cm³/mol. The highest BCUT2D eigenvalue weighted by Gasteiger charge is 2.17. The molecule has 0 bridgehead atoms. The monoisotopic (exact) mass is 294 g/mol. The fourth-order valence-electron chi connectivity index (χ4n) is 2.96. The van der Waals surface area contributed by atoms with E-state index in [1.807, 2.05) is 22.7 Å². The Morgan fingerprint density at radius 3 is 1.45 bits per heavy atom. The van der Waals surface area contributed by atoms with Crippen LogP contribution in [0.25, 0.3) is 31.3 Å². The van der Waals surface area contributed by atoms with E-state index in [0.29, 0.717) is 0 Å². The zero-order valence-corrected chi connectivity index (χ0v) is 13.1. The highest BCUT2D eigenvalue weighted by atomic mass is 32.1. The number of benzene rings is 2. The van der Waals surface area contributed by atoms with Crippen LogP contribution >= 0.6 is 22.7 Å². The van der Waals surface area contributed by atoms with Crippen molar-refractivity contribution in [3.8, 4) is 11.1 Å². The fourth-order valence-corrected chi connectivity index (χ4v) is 5.10. The first kappa shape index (κ1) is 12.1. The molecule has 2 aromatic heterocycles. The molecular weight excluding hydrogens is 280 g/mol. The molecule has 0 fully saturated rings. The smallest absolute Gasteiger partial charge is 0.0352 e. The van der Waals surface area contributed by atoms with Crippen LogP contribution in [0.2, 0.25) is 0 Å². The van der Waals surface area contributed by atoms with Crippen LogP contribution in [0, 0.1) is 13.8 Å². The van der Waals surface area contributed by atoms with Crippen molar-refractivity contribution in [2.75, 3.05) is 0 Å². The first-order chi connectivity index (χ1) is 9.75. The van der Waals surface area contributed by atoms with Gasteiger partial charge in [0.2, 0.25) is 0 Å². The van der Waals surface area contributed by atoms with Crippen LogP contribution in [0.4, 0.5) is 0 Å². The van der Waals surface area contributed by atoms with Crippen molar-refractivity contribution in [2.24, 2.45) is 0 Å². The standard InChI is InChI=1S/C18H14S2/c1-11-17(13-7-3-5-9-15(13)19-11)18-12(2)20-16-10-6-4-8-14(16)18/h3-10H,1-2H3. The lowest BCUT2D eigenvalue weighted by Gasteiger charge is -2.03. The van der Waals surface area contributed by atoms with Gasteiger partial charge in [0.1, 0.15) is 0 Å². The SMILES string of the molecule is Cc1sc2ccccc2c1-c1c(C)sc2ccccc12. The third-order valence-corrected chi connectivity index (χ3v) is 5.97. The van der Waals surface area contributed by atoms with E-state index >= 15 is 0 Å². The quantitative estimate of drug-likeness (QED) is 0.381. The molecule has 0 aliphatic carbocycles. The molecule has 98 valence electrons. The van der Waals surface area contributed by atoms with Crippen molar-refractivity contribution >= 4 is 42.8 Å². The molecule has 0 N–H and O–H groups in total. The Hall–Kier alpha value is -1.64. The van der Waals surface area contributed by atoms with Gasteiger partial charge in [-0.15, -0.1) is 22.7 Å². The van der Waals surface area contributed by atoms with Crippen molar-refractivity contribution in [2.45, 2.75) is 13.8 Å². The fraction of sp³-hybridized carbons (Fsp3) is 0.111. The van der Waals surface area contributed by atoms with Gasteiger partial charge in [0.25, 0.3) is 0 Å². The van der Waals surface area contributed by atoms with Gasteiger partial charge in [0.15, 0.2) is 0 Å². The molecule has 0 unspecified atom stereocenters. The highest BCUT2D eigenvalue weighted by Crippen LogP contribution is 2.45. The van der Waals surface area contributed by atoms with E-state index in [9.17, 15) is 0 Å². The van der Waals surface area contributed by atoms with Gasteiger partial charge in [-0.3, -0.25) is 0 Å². The van der Waals surface area contributed by atoms with Crippen LogP contribution in [-0.4, -0.2) is 0 Å². The minimum Gasteiger partial charge on any atom is -0.140 e. The number of rotatable bonds is 1. The van der Waals surface area contributed by atoms with Crippen LogP contribution in [0.5, 0.6) is 0 Å². The molecule has 0 radical (unpaired) electrons. The molecule has 0 amide bonds. The maximum Gasteiger partial charge on any atom is 0.0352 e. The Balaban J connectivity index is 2.16. The average Bonchev–Trinajstić information content (AvgIpc) is 2.94. The zero-order chi connectivity index (χ0) is 13.7. The Kier molecular flexibility index (Phi) is 2.69. The summed E-state index contributed by atoms with van der Waals surface area (Å²) in [7, 11) is 0. The minimum atomic E-state index is 1.38. The van der Waals surface area contributed by atoms with Gasteiger partial charge in [-0.25, -0.2) is 0 Å². The highest BCUT2D eigenvalue weighted by molar-refractivity contribution is 7.20. The second-order valence-corrected chi connectivity index (χ2v) is 7.57. The number of hydrogen-bond acceptors (Lipinski definition) is 2. The number of fused-ring (bicyclic) bond motifs is 2. The van der Waals surface area contributed by atoms with Crippen molar-refractivity contribution in [3.63, 3.8) is 0 Å². The van der Waals surface area contributed by atoms with Crippen LogP contribution in [0.3, 0.4) is 0 Å². The molecule has 2 heterocycles. The lowest BCUT2D eigenvalue weighted by molar-refractivity contribution is 1.58. The molecular formula is C18H14S2. The second-order valence-electron chi connectivity index (χ2n) is 5.06. The summed E-state index contributed by atoms with van der Waals surface area (Å²) in [6.45, 7) is 4.48. The molecule has 0 saturated carbocycles. The van der Waals surface area contributed by atoms with E-state index in [1.165, 1.54) is 41.1 Å². The number of thiophene rings is 2. The molecule has 2 heteroatoms. The van der Waals surface area contributed by atoms with Gasteiger partial charge >= 0.3 is 0 Å². The maximum atomic E-state index is 2.25. The summed E-state index contributed by atoms with van der Waals surface area (Å²) in [5.41, 5.74) is 2.86. The van der Waals surface area contributed by atoms with Gasteiger partial charge in [-0.1, -0.05) is 36.4 Å². The van der Waals surface area contributed by atoms with E-state index in [0.717, 1.165) is 0 Å². The Labute approximate surface area is 126 Å². The van der Waals surface area contributed by atoms with E-state index in [2.05, 4.69) is 62.4 Å². The third kappa shape index (κ3) is 1.65. The molecule has 0 saturated heterocycles. The van der Waals surface area contributed by atoms with Gasteiger partial charge in [0, 0.05) is 41.1 Å². The zero-order valence-electron chi connectivity index (χ0n) is 11.4. The summed E-state index contributed by atoms with van der Waals surface area (Å²) in [6.07, 6.45) is 0. The largest absolute Gasteiger partial charge is 0.140 e. The lowest BCUT2D eigenvalue weighted by Crippen LogP contribution is -1.79. The van der Waals surface area contributed by atoms with Crippen molar-refractivity contribution in [1.82, 2.24) is 0 Å². The van der Waals surface area contributed by atoms with Crippen LogP contribution < -0.4 is 0 Å². The van der Waals surface area contributed by atoms with Gasteiger partial charge in [-0.05, 0) is 26.0 Å². The first-order valence-corrected chi connectivity index (χ1v) is 8.35. The predicted octanol–water partition coefficient (Wildman–Crippen LogP) is 6.40. The molecule has 0 nitrogen and oxygen atoms in total. The molecule has 0 aliphatic rings. The third-order valence-electron chi connectivity index (χ3n) is 3.79. The molecule has 4 rings (SSSR count). The molecule has 20 heavy (non-hydrogen) atoms. The van der Waals surface area contributed by atoms with Crippen LogP contribution in [-0.2, 0) is 0 Å². The maximum absolute atomic E-state index is 2.25. The molecule has 0 spiro atoms. The Morgan fingerprint density at radius 2 is 1.00 bits per heavy atom. The summed E-state index contributed by atoms with van der Waals surface area (Å²) in [4.78, 5) is 2.83. The topological polar surface area (TPSA) is 0 Å².